The maximum absolute atomic E-state index is 13.6. The molecule has 1 aromatic heterocycles. The summed E-state index contributed by atoms with van der Waals surface area (Å²) in [5, 5.41) is 2.02. The maximum Gasteiger partial charge on any atom is 0.126 e. The van der Waals surface area contributed by atoms with Crippen molar-refractivity contribution < 1.29 is 4.39 Å². The molecule has 0 aliphatic rings. The molecular formula is C14H15BrFNS. The van der Waals surface area contributed by atoms with E-state index in [0.717, 1.165) is 10.0 Å². The second-order valence-corrected chi connectivity index (χ2v) is 6.60. The average molecular weight is 328 g/mol. The van der Waals surface area contributed by atoms with Crippen LogP contribution in [0.3, 0.4) is 0 Å². The SMILES string of the molecule is Cc1ccc(C(C)(N)Cc2sccc2Br)cc1F. The molecule has 0 aliphatic carbocycles. The standard InChI is InChI=1S/C14H15BrFNS/c1-9-3-4-10(7-12(9)16)14(2,17)8-13-11(15)5-6-18-13/h3-7H,8,17H2,1-2H3. The highest BCUT2D eigenvalue weighted by atomic mass is 79.9. The smallest absolute Gasteiger partial charge is 0.126 e. The van der Waals surface area contributed by atoms with Crippen molar-refractivity contribution in [2.24, 2.45) is 5.73 Å². The van der Waals surface area contributed by atoms with E-state index in [-0.39, 0.29) is 5.82 Å². The lowest BCUT2D eigenvalue weighted by Crippen LogP contribution is -2.35. The van der Waals surface area contributed by atoms with Crippen LogP contribution in [0.4, 0.5) is 4.39 Å². The zero-order valence-electron chi connectivity index (χ0n) is 10.3. The van der Waals surface area contributed by atoms with Crippen molar-refractivity contribution >= 4 is 27.3 Å². The summed E-state index contributed by atoms with van der Waals surface area (Å²) in [6, 6.07) is 7.22. The van der Waals surface area contributed by atoms with Gasteiger partial charge in [-0.15, -0.1) is 11.3 Å². The molecule has 1 atom stereocenters. The molecule has 0 saturated heterocycles. The molecule has 0 saturated carbocycles. The monoisotopic (exact) mass is 327 g/mol. The van der Waals surface area contributed by atoms with E-state index in [1.807, 2.05) is 24.4 Å². The summed E-state index contributed by atoms with van der Waals surface area (Å²) in [4.78, 5) is 1.18. The van der Waals surface area contributed by atoms with Crippen LogP contribution in [0.25, 0.3) is 0 Å². The minimum atomic E-state index is -0.568. The predicted octanol–water partition coefficient (Wildman–Crippen LogP) is 4.37. The van der Waals surface area contributed by atoms with Gasteiger partial charge in [0.2, 0.25) is 0 Å². The summed E-state index contributed by atoms with van der Waals surface area (Å²) >= 11 is 5.16. The number of halogens is 2. The van der Waals surface area contributed by atoms with Crippen molar-refractivity contribution in [3.05, 3.63) is 55.9 Å². The fourth-order valence-electron chi connectivity index (χ4n) is 1.83. The van der Waals surface area contributed by atoms with Crippen molar-refractivity contribution in [2.45, 2.75) is 25.8 Å². The van der Waals surface area contributed by atoms with E-state index in [0.29, 0.717) is 12.0 Å². The molecule has 0 amide bonds. The molecule has 2 aromatic rings. The molecule has 2 rings (SSSR count). The normalized spacial score (nSPS) is 14.5. The van der Waals surface area contributed by atoms with E-state index in [1.54, 1.807) is 24.3 Å². The van der Waals surface area contributed by atoms with Gasteiger partial charge in [0.15, 0.2) is 0 Å². The van der Waals surface area contributed by atoms with Gasteiger partial charge in [0.1, 0.15) is 5.82 Å². The molecule has 0 bridgehead atoms. The summed E-state index contributed by atoms with van der Waals surface area (Å²) in [6.45, 7) is 3.69. The summed E-state index contributed by atoms with van der Waals surface area (Å²) in [5.41, 5.74) is 7.24. The van der Waals surface area contributed by atoms with Crippen molar-refractivity contribution in [3.63, 3.8) is 0 Å². The van der Waals surface area contributed by atoms with Crippen LogP contribution in [0.5, 0.6) is 0 Å². The maximum atomic E-state index is 13.6. The predicted molar refractivity (Wildman–Crippen MR) is 78.4 cm³/mol. The molecule has 2 N–H and O–H groups in total. The van der Waals surface area contributed by atoms with Crippen LogP contribution in [-0.2, 0) is 12.0 Å². The minimum Gasteiger partial charge on any atom is -0.321 e. The molecule has 0 spiro atoms. The highest BCUT2D eigenvalue weighted by Gasteiger charge is 2.24. The first-order valence-electron chi connectivity index (χ1n) is 5.67. The Morgan fingerprint density at radius 1 is 1.39 bits per heavy atom. The van der Waals surface area contributed by atoms with Gasteiger partial charge in [-0.25, -0.2) is 4.39 Å². The van der Waals surface area contributed by atoms with Gasteiger partial charge >= 0.3 is 0 Å². The van der Waals surface area contributed by atoms with E-state index in [9.17, 15) is 4.39 Å². The Morgan fingerprint density at radius 2 is 2.11 bits per heavy atom. The summed E-state index contributed by atoms with van der Waals surface area (Å²) in [7, 11) is 0. The largest absolute Gasteiger partial charge is 0.321 e. The average Bonchev–Trinajstić information content (AvgIpc) is 2.67. The number of rotatable bonds is 3. The minimum absolute atomic E-state index is 0.200. The Labute approximate surface area is 119 Å². The lowest BCUT2D eigenvalue weighted by atomic mass is 9.88. The topological polar surface area (TPSA) is 26.0 Å². The third-order valence-corrected chi connectivity index (χ3v) is 4.98. The van der Waals surface area contributed by atoms with Gasteiger partial charge in [-0.3, -0.25) is 0 Å². The zero-order valence-corrected chi connectivity index (χ0v) is 12.7. The molecule has 1 heterocycles. The molecule has 0 aliphatic heterocycles. The molecular weight excluding hydrogens is 313 g/mol. The Bertz CT molecular complexity index is 563. The Balaban J connectivity index is 2.30. The Morgan fingerprint density at radius 3 is 2.67 bits per heavy atom. The van der Waals surface area contributed by atoms with Crippen molar-refractivity contribution in [2.75, 3.05) is 0 Å². The van der Waals surface area contributed by atoms with Crippen molar-refractivity contribution in [1.82, 2.24) is 0 Å². The van der Waals surface area contributed by atoms with E-state index in [2.05, 4.69) is 15.9 Å². The van der Waals surface area contributed by atoms with Crippen LogP contribution >= 0.6 is 27.3 Å². The van der Waals surface area contributed by atoms with Gasteiger partial charge in [0.25, 0.3) is 0 Å². The molecule has 18 heavy (non-hydrogen) atoms. The van der Waals surface area contributed by atoms with Gasteiger partial charge in [0, 0.05) is 21.3 Å². The van der Waals surface area contributed by atoms with E-state index >= 15 is 0 Å². The third-order valence-electron chi connectivity index (χ3n) is 3.05. The lowest BCUT2D eigenvalue weighted by molar-refractivity contribution is 0.489. The lowest BCUT2D eigenvalue weighted by Gasteiger charge is -2.25. The number of nitrogens with two attached hydrogens (primary N) is 1. The van der Waals surface area contributed by atoms with E-state index in [1.165, 1.54) is 10.9 Å². The van der Waals surface area contributed by atoms with Gasteiger partial charge in [-0.1, -0.05) is 12.1 Å². The van der Waals surface area contributed by atoms with Gasteiger partial charge in [-0.05, 0) is 58.4 Å². The van der Waals surface area contributed by atoms with Crippen LogP contribution in [-0.4, -0.2) is 0 Å². The van der Waals surface area contributed by atoms with Crippen molar-refractivity contribution in [3.8, 4) is 0 Å². The molecule has 1 unspecified atom stereocenters. The van der Waals surface area contributed by atoms with E-state index < -0.39 is 5.54 Å². The number of aryl methyl sites for hydroxylation is 1. The summed E-state index contributed by atoms with van der Waals surface area (Å²) in [6.07, 6.45) is 0.688. The van der Waals surface area contributed by atoms with Crippen molar-refractivity contribution in [1.29, 1.82) is 0 Å². The zero-order chi connectivity index (χ0) is 13.3. The fraction of sp³-hybridized carbons (Fsp3) is 0.286. The number of benzene rings is 1. The highest BCUT2D eigenvalue weighted by molar-refractivity contribution is 9.10. The van der Waals surface area contributed by atoms with Crippen LogP contribution in [0.15, 0.2) is 34.1 Å². The first-order chi connectivity index (χ1) is 8.40. The Kier molecular flexibility index (Phi) is 3.90. The third kappa shape index (κ3) is 2.82. The van der Waals surface area contributed by atoms with E-state index in [4.69, 9.17) is 5.73 Å². The van der Waals surface area contributed by atoms with Crippen LogP contribution in [0, 0.1) is 12.7 Å². The quantitative estimate of drug-likeness (QED) is 0.889. The molecule has 1 aromatic carbocycles. The van der Waals surface area contributed by atoms with Gasteiger partial charge in [-0.2, -0.15) is 0 Å². The molecule has 96 valence electrons. The van der Waals surface area contributed by atoms with Crippen LogP contribution in [0.2, 0.25) is 0 Å². The highest BCUT2D eigenvalue weighted by Crippen LogP contribution is 2.31. The first-order valence-corrected chi connectivity index (χ1v) is 7.35. The summed E-state index contributed by atoms with van der Waals surface area (Å²) in [5.74, 6) is -0.200. The number of thiophene rings is 1. The first kappa shape index (κ1) is 13.7. The molecule has 0 fully saturated rings. The fourth-order valence-corrected chi connectivity index (χ4v) is 3.49. The number of hydrogen-bond acceptors (Lipinski definition) is 2. The molecule has 0 radical (unpaired) electrons. The molecule has 1 nitrogen and oxygen atoms in total. The molecule has 4 heteroatoms. The second kappa shape index (κ2) is 5.11. The number of hydrogen-bond donors (Lipinski definition) is 1. The second-order valence-electron chi connectivity index (χ2n) is 4.75. The van der Waals surface area contributed by atoms with Gasteiger partial charge < -0.3 is 5.73 Å². The Hall–Kier alpha value is -0.710. The van der Waals surface area contributed by atoms with Crippen LogP contribution < -0.4 is 5.73 Å². The summed E-state index contributed by atoms with van der Waals surface area (Å²) < 4.78 is 14.7. The van der Waals surface area contributed by atoms with Gasteiger partial charge in [0.05, 0.1) is 0 Å². The van der Waals surface area contributed by atoms with Crippen LogP contribution in [0.1, 0.15) is 22.9 Å².